The molecule has 21 heavy (non-hydrogen) atoms. The second-order valence-electron chi connectivity index (χ2n) is 6.30. The van der Waals surface area contributed by atoms with Gasteiger partial charge in [0.25, 0.3) is 0 Å². The number of ether oxygens (including phenoxy) is 1. The Labute approximate surface area is 131 Å². The number of fused-ring (bicyclic) bond motifs is 1. The highest BCUT2D eigenvalue weighted by atomic mass is 32.1. The number of hydrogen-bond donors (Lipinski definition) is 1. The summed E-state index contributed by atoms with van der Waals surface area (Å²) in [7, 11) is 0. The number of benzene rings is 1. The van der Waals surface area contributed by atoms with Crippen molar-refractivity contribution in [3.05, 3.63) is 52.2 Å². The second kappa shape index (κ2) is 5.82. The summed E-state index contributed by atoms with van der Waals surface area (Å²) in [5.41, 5.74) is 1.16. The zero-order chi connectivity index (χ0) is 14.9. The summed E-state index contributed by atoms with van der Waals surface area (Å²) < 4.78 is 6.12. The summed E-state index contributed by atoms with van der Waals surface area (Å²) in [6.45, 7) is 6.58. The van der Waals surface area contributed by atoms with Gasteiger partial charge < -0.3 is 10.1 Å². The molecule has 2 nitrogen and oxygen atoms in total. The van der Waals surface area contributed by atoms with E-state index in [2.05, 4.69) is 61.8 Å². The quantitative estimate of drug-likeness (QED) is 0.849. The third kappa shape index (κ3) is 3.14. The van der Waals surface area contributed by atoms with Crippen LogP contribution in [0.15, 0.2) is 41.8 Å². The normalized spacial score (nSPS) is 21.4. The first kappa shape index (κ1) is 14.6. The Morgan fingerprint density at radius 3 is 2.81 bits per heavy atom. The highest BCUT2D eigenvalue weighted by molar-refractivity contribution is 7.10. The summed E-state index contributed by atoms with van der Waals surface area (Å²) in [5.74, 6) is 1.02. The van der Waals surface area contributed by atoms with Crippen LogP contribution in [0.1, 0.15) is 56.1 Å². The minimum Gasteiger partial charge on any atom is -0.487 e. The van der Waals surface area contributed by atoms with Crippen LogP contribution in [0.5, 0.6) is 5.75 Å². The van der Waals surface area contributed by atoms with Gasteiger partial charge in [-0.25, -0.2) is 0 Å². The van der Waals surface area contributed by atoms with Crippen LogP contribution in [0, 0.1) is 0 Å². The number of nitrogens with one attached hydrogen (secondary N) is 1. The van der Waals surface area contributed by atoms with Crippen molar-refractivity contribution in [1.82, 2.24) is 5.32 Å². The van der Waals surface area contributed by atoms with Gasteiger partial charge in [0, 0.05) is 28.9 Å². The van der Waals surface area contributed by atoms with E-state index in [1.54, 1.807) is 0 Å². The SMILES string of the molecule is CCC(NC1CC(C)(C)Oc2ccccc21)c1cccs1. The summed E-state index contributed by atoms with van der Waals surface area (Å²) in [5, 5.41) is 6.00. The van der Waals surface area contributed by atoms with Crippen molar-refractivity contribution in [2.45, 2.75) is 51.3 Å². The third-order valence-electron chi connectivity index (χ3n) is 4.07. The first-order valence-electron chi connectivity index (χ1n) is 7.66. The smallest absolute Gasteiger partial charge is 0.124 e. The molecule has 112 valence electrons. The zero-order valence-corrected chi connectivity index (χ0v) is 13.7. The molecule has 3 rings (SSSR count). The van der Waals surface area contributed by atoms with E-state index in [4.69, 9.17) is 4.74 Å². The molecule has 1 aromatic heterocycles. The van der Waals surface area contributed by atoms with Gasteiger partial charge in [-0.3, -0.25) is 0 Å². The molecule has 2 aromatic rings. The lowest BCUT2D eigenvalue weighted by atomic mass is 9.89. The molecule has 3 heteroatoms. The number of para-hydroxylation sites is 1. The molecule has 0 saturated heterocycles. The highest BCUT2D eigenvalue weighted by Crippen LogP contribution is 2.40. The van der Waals surface area contributed by atoms with Gasteiger partial charge in [0.1, 0.15) is 11.4 Å². The number of rotatable bonds is 4. The van der Waals surface area contributed by atoms with Crippen LogP contribution in [-0.4, -0.2) is 5.60 Å². The lowest BCUT2D eigenvalue weighted by Crippen LogP contribution is -2.40. The van der Waals surface area contributed by atoms with Crippen LogP contribution in [0.25, 0.3) is 0 Å². The largest absolute Gasteiger partial charge is 0.487 e. The molecule has 2 unspecified atom stereocenters. The van der Waals surface area contributed by atoms with Crippen LogP contribution in [0.4, 0.5) is 0 Å². The fourth-order valence-electron chi connectivity index (χ4n) is 3.08. The first-order valence-corrected chi connectivity index (χ1v) is 8.54. The molecule has 0 fully saturated rings. The molecule has 0 aliphatic carbocycles. The molecule has 0 amide bonds. The van der Waals surface area contributed by atoms with Crippen molar-refractivity contribution >= 4 is 11.3 Å². The lowest BCUT2D eigenvalue weighted by molar-refractivity contribution is 0.0635. The Kier molecular flexibility index (Phi) is 4.05. The predicted molar refractivity (Wildman–Crippen MR) is 89.0 cm³/mol. The average Bonchev–Trinajstić information content (AvgIpc) is 2.97. The molecule has 0 saturated carbocycles. The van der Waals surface area contributed by atoms with Gasteiger partial charge in [-0.1, -0.05) is 31.2 Å². The van der Waals surface area contributed by atoms with Crippen LogP contribution in [0.2, 0.25) is 0 Å². The van der Waals surface area contributed by atoms with Gasteiger partial charge >= 0.3 is 0 Å². The Hall–Kier alpha value is -1.32. The van der Waals surface area contributed by atoms with E-state index in [0.717, 1.165) is 18.6 Å². The Bertz CT molecular complexity index is 591. The molecule has 1 aromatic carbocycles. The maximum atomic E-state index is 6.12. The summed E-state index contributed by atoms with van der Waals surface area (Å²) in [6, 6.07) is 13.5. The summed E-state index contributed by atoms with van der Waals surface area (Å²) in [6.07, 6.45) is 2.09. The minimum atomic E-state index is -0.125. The fourth-order valence-corrected chi connectivity index (χ4v) is 3.95. The van der Waals surface area contributed by atoms with Gasteiger partial charge in [0.15, 0.2) is 0 Å². The van der Waals surface area contributed by atoms with Crippen molar-refractivity contribution in [1.29, 1.82) is 0 Å². The van der Waals surface area contributed by atoms with E-state index in [9.17, 15) is 0 Å². The van der Waals surface area contributed by atoms with E-state index in [-0.39, 0.29) is 5.60 Å². The Balaban J connectivity index is 1.87. The standard InChI is InChI=1S/C18H23NOS/c1-4-14(17-10-7-11-21-17)19-15-12-18(2,3)20-16-9-6-5-8-13(15)16/h5-11,14-15,19H,4,12H2,1-3H3. The molecule has 2 heterocycles. The predicted octanol–water partition coefficient (Wildman–Crippen LogP) is 5.09. The van der Waals surface area contributed by atoms with Crippen molar-refractivity contribution in [2.75, 3.05) is 0 Å². The van der Waals surface area contributed by atoms with Gasteiger partial charge in [-0.15, -0.1) is 11.3 Å². The molecule has 1 aliphatic rings. The fraction of sp³-hybridized carbons (Fsp3) is 0.444. The maximum Gasteiger partial charge on any atom is 0.124 e. The number of thiophene rings is 1. The molecular formula is C18H23NOS. The van der Waals surface area contributed by atoms with E-state index < -0.39 is 0 Å². The van der Waals surface area contributed by atoms with Gasteiger partial charge in [0.2, 0.25) is 0 Å². The monoisotopic (exact) mass is 301 g/mol. The maximum absolute atomic E-state index is 6.12. The second-order valence-corrected chi connectivity index (χ2v) is 7.28. The molecule has 0 radical (unpaired) electrons. The van der Waals surface area contributed by atoms with Gasteiger partial charge in [-0.2, -0.15) is 0 Å². The molecule has 1 aliphatic heterocycles. The van der Waals surface area contributed by atoms with Gasteiger partial charge in [-0.05, 0) is 37.8 Å². The van der Waals surface area contributed by atoms with Crippen LogP contribution >= 0.6 is 11.3 Å². The molecule has 0 spiro atoms. The minimum absolute atomic E-state index is 0.125. The molecule has 0 bridgehead atoms. The van der Waals surface area contributed by atoms with Crippen LogP contribution in [-0.2, 0) is 0 Å². The molecule has 2 atom stereocenters. The average molecular weight is 301 g/mol. The third-order valence-corrected chi connectivity index (χ3v) is 5.06. The van der Waals surface area contributed by atoms with Crippen molar-refractivity contribution < 1.29 is 4.74 Å². The number of hydrogen-bond acceptors (Lipinski definition) is 3. The summed E-state index contributed by atoms with van der Waals surface area (Å²) in [4.78, 5) is 1.42. The van der Waals surface area contributed by atoms with Gasteiger partial charge in [0.05, 0.1) is 0 Å². The highest BCUT2D eigenvalue weighted by Gasteiger charge is 2.34. The van der Waals surface area contributed by atoms with Crippen molar-refractivity contribution in [3.8, 4) is 5.75 Å². The lowest BCUT2D eigenvalue weighted by Gasteiger charge is -2.39. The van der Waals surface area contributed by atoms with Crippen LogP contribution < -0.4 is 10.1 Å². The molecular weight excluding hydrogens is 278 g/mol. The zero-order valence-electron chi connectivity index (χ0n) is 12.9. The Morgan fingerprint density at radius 2 is 2.10 bits per heavy atom. The van der Waals surface area contributed by atoms with Crippen molar-refractivity contribution in [3.63, 3.8) is 0 Å². The summed E-state index contributed by atoms with van der Waals surface area (Å²) >= 11 is 1.83. The van der Waals surface area contributed by atoms with E-state index in [1.807, 2.05) is 17.4 Å². The topological polar surface area (TPSA) is 21.3 Å². The van der Waals surface area contributed by atoms with E-state index >= 15 is 0 Å². The van der Waals surface area contributed by atoms with E-state index in [1.165, 1.54) is 10.4 Å². The van der Waals surface area contributed by atoms with Crippen LogP contribution in [0.3, 0.4) is 0 Å². The molecule has 1 N–H and O–H groups in total. The van der Waals surface area contributed by atoms with Crippen molar-refractivity contribution in [2.24, 2.45) is 0 Å². The first-order chi connectivity index (χ1) is 10.1. The Morgan fingerprint density at radius 1 is 1.29 bits per heavy atom. The van der Waals surface area contributed by atoms with E-state index in [0.29, 0.717) is 12.1 Å².